The van der Waals surface area contributed by atoms with E-state index in [1.54, 1.807) is 0 Å². The van der Waals surface area contributed by atoms with Gasteiger partial charge in [-0.15, -0.1) is 0 Å². The summed E-state index contributed by atoms with van der Waals surface area (Å²) >= 11 is 0. The third-order valence-corrected chi connectivity index (χ3v) is 2.47. The van der Waals surface area contributed by atoms with Crippen molar-refractivity contribution in [2.24, 2.45) is 0 Å². The molecule has 0 N–H and O–H groups in total. The van der Waals surface area contributed by atoms with Crippen LogP contribution in [0.5, 0.6) is 0 Å². The predicted octanol–water partition coefficient (Wildman–Crippen LogP) is 1.87. The molecule has 0 unspecified atom stereocenters. The van der Waals surface area contributed by atoms with E-state index in [0.717, 1.165) is 4.90 Å². The molecule has 0 aliphatic heterocycles. The summed E-state index contributed by atoms with van der Waals surface area (Å²) < 4.78 is 31.7. The maximum Gasteiger partial charge on any atom is 0.307 e. The standard InChI is InChI=1S/C11H12F2N2O4/c1-14(4-3-10(16)19-2)11-8(12)5-7(15(17)18)6-9(11)13/h5-6H,3-4H2,1-2H3. The van der Waals surface area contributed by atoms with Crippen LogP contribution in [0, 0.1) is 21.7 Å². The molecule has 6 nitrogen and oxygen atoms in total. The van der Waals surface area contributed by atoms with Gasteiger partial charge < -0.3 is 9.64 Å². The molecular weight excluding hydrogens is 262 g/mol. The van der Waals surface area contributed by atoms with Gasteiger partial charge in [0.2, 0.25) is 0 Å². The van der Waals surface area contributed by atoms with Crippen molar-refractivity contribution in [3.8, 4) is 0 Å². The lowest BCUT2D eigenvalue weighted by atomic mass is 10.2. The smallest absolute Gasteiger partial charge is 0.307 e. The van der Waals surface area contributed by atoms with Crippen LogP contribution in [0.1, 0.15) is 6.42 Å². The molecule has 0 amide bonds. The Labute approximate surface area is 107 Å². The Morgan fingerprint density at radius 1 is 1.42 bits per heavy atom. The summed E-state index contributed by atoms with van der Waals surface area (Å²) in [6, 6.07) is 1.26. The van der Waals surface area contributed by atoms with E-state index in [-0.39, 0.29) is 13.0 Å². The maximum absolute atomic E-state index is 13.6. The van der Waals surface area contributed by atoms with Crippen molar-refractivity contribution >= 4 is 17.3 Å². The molecule has 0 spiro atoms. The van der Waals surface area contributed by atoms with Gasteiger partial charge in [-0.05, 0) is 0 Å². The molecule has 104 valence electrons. The van der Waals surface area contributed by atoms with E-state index in [9.17, 15) is 23.7 Å². The molecule has 0 fully saturated rings. The highest BCUT2D eigenvalue weighted by atomic mass is 19.1. The predicted molar refractivity (Wildman–Crippen MR) is 62.9 cm³/mol. The molecule has 0 aliphatic rings. The van der Waals surface area contributed by atoms with Gasteiger partial charge in [-0.1, -0.05) is 0 Å². The molecule has 0 radical (unpaired) electrons. The zero-order valence-electron chi connectivity index (χ0n) is 10.4. The molecule has 0 aliphatic carbocycles. The third-order valence-electron chi connectivity index (χ3n) is 2.47. The average molecular weight is 274 g/mol. The first kappa shape index (κ1) is 14.8. The Balaban J connectivity index is 2.94. The van der Waals surface area contributed by atoms with Crippen LogP contribution in [-0.4, -0.2) is 31.6 Å². The number of ether oxygens (including phenoxy) is 1. The Morgan fingerprint density at radius 3 is 2.37 bits per heavy atom. The second-order valence-electron chi connectivity index (χ2n) is 3.76. The second kappa shape index (κ2) is 6.07. The van der Waals surface area contributed by atoms with Crippen LogP contribution in [-0.2, 0) is 9.53 Å². The molecule has 0 bridgehead atoms. The number of nitrogens with zero attached hydrogens (tertiary/aromatic N) is 2. The Bertz CT molecular complexity index is 484. The number of nitro groups is 1. The summed E-state index contributed by atoms with van der Waals surface area (Å²) in [6.07, 6.45) is -0.0527. The number of hydrogen-bond acceptors (Lipinski definition) is 5. The minimum absolute atomic E-state index is 0.0261. The van der Waals surface area contributed by atoms with Crippen LogP contribution >= 0.6 is 0 Å². The topological polar surface area (TPSA) is 72.7 Å². The second-order valence-corrected chi connectivity index (χ2v) is 3.76. The van der Waals surface area contributed by atoms with Gasteiger partial charge in [0.1, 0.15) is 5.69 Å². The molecule has 1 aromatic carbocycles. The lowest BCUT2D eigenvalue weighted by molar-refractivity contribution is -0.385. The first-order chi connectivity index (χ1) is 8.86. The highest BCUT2D eigenvalue weighted by Crippen LogP contribution is 2.27. The van der Waals surface area contributed by atoms with Crippen LogP contribution in [0.15, 0.2) is 12.1 Å². The van der Waals surface area contributed by atoms with Gasteiger partial charge in [0, 0.05) is 13.6 Å². The third kappa shape index (κ3) is 3.60. The number of anilines is 1. The van der Waals surface area contributed by atoms with Gasteiger partial charge in [-0.25, -0.2) is 8.78 Å². The summed E-state index contributed by atoms with van der Waals surface area (Å²) in [5.41, 5.74) is -1.09. The highest BCUT2D eigenvalue weighted by molar-refractivity contribution is 5.70. The number of benzene rings is 1. The van der Waals surface area contributed by atoms with Gasteiger partial charge in [-0.3, -0.25) is 14.9 Å². The molecule has 1 aromatic rings. The van der Waals surface area contributed by atoms with Crippen LogP contribution < -0.4 is 4.90 Å². The van der Waals surface area contributed by atoms with Crippen LogP contribution in [0.4, 0.5) is 20.2 Å². The maximum atomic E-state index is 13.6. The normalized spacial score (nSPS) is 10.1. The Morgan fingerprint density at radius 2 is 1.95 bits per heavy atom. The van der Waals surface area contributed by atoms with E-state index < -0.39 is 33.9 Å². The molecular formula is C11H12F2N2O4. The van der Waals surface area contributed by atoms with E-state index in [4.69, 9.17) is 0 Å². The summed E-state index contributed by atoms with van der Waals surface area (Å²) in [5, 5.41) is 10.4. The minimum Gasteiger partial charge on any atom is -0.469 e. The number of esters is 1. The SMILES string of the molecule is COC(=O)CCN(C)c1c(F)cc([N+](=O)[O-])cc1F. The van der Waals surface area contributed by atoms with Crippen molar-refractivity contribution in [2.45, 2.75) is 6.42 Å². The van der Waals surface area contributed by atoms with Crippen LogP contribution in [0.3, 0.4) is 0 Å². The largest absolute Gasteiger partial charge is 0.469 e. The fourth-order valence-electron chi connectivity index (χ4n) is 1.50. The highest BCUT2D eigenvalue weighted by Gasteiger charge is 2.20. The monoisotopic (exact) mass is 274 g/mol. The summed E-state index contributed by atoms with van der Waals surface area (Å²) in [5.74, 6) is -2.63. The van der Waals surface area contributed by atoms with Crippen molar-refractivity contribution in [1.82, 2.24) is 0 Å². The van der Waals surface area contributed by atoms with Crippen molar-refractivity contribution in [1.29, 1.82) is 0 Å². The van der Waals surface area contributed by atoms with Crippen molar-refractivity contribution in [3.05, 3.63) is 33.9 Å². The van der Waals surface area contributed by atoms with Gasteiger partial charge in [0.15, 0.2) is 11.6 Å². The number of nitro benzene ring substituents is 1. The molecule has 0 atom stereocenters. The van der Waals surface area contributed by atoms with Gasteiger partial charge in [0.25, 0.3) is 5.69 Å². The van der Waals surface area contributed by atoms with E-state index in [2.05, 4.69) is 4.74 Å². The minimum atomic E-state index is -1.06. The summed E-state index contributed by atoms with van der Waals surface area (Å²) in [6.45, 7) is 0.0261. The summed E-state index contributed by atoms with van der Waals surface area (Å²) in [7, 11) is 2.58. The van der Waals surface area contributed by atoms with Gasteiger partial charge >= 0.3 is 5.97 Å². The molecule has 19 heavy (non-hydrogen) atoms. The lowest BCUT2D eigenvalue weighted by Gasteiger charge is -2.19. The van der Waals surface area contributed by atoms with E-state index in [0.29, 0.717) is 12.1 Å². The Kier molecular flexibility index (Phi) is 4.74. The first-order valence-electron chi connectivity index (χ1n) is 5.28. The lowest BCUT2D eigenvalue weighted by Crippen LogP contribution is -2.23. The molecule has 8 heteroatoms. The zero-order chi connectivity index (χ0) is 14.6. The fraction of sp³-hybridized carbons (Fsp3) is 0.364. The number of carbonyl (C=O) groups is 1. The molecule has 0 saturated carbocycles. The first-order valence-corrected chi connectivity index (χ1v) is 5.28. The molecule has 0 heterocycles. The van der Waals surface area contributed by atoms with Crippen LogP contribution in [0.2, 0.25) is 0 Å². The van der Waals surface area contributed by atoms with Crippen molar-refractivity contribution < 1.29 is 23.2 Å². The number of non-ortho nitro benzene ring substituents is 1. The van der Waals surface area contributed by atoms with E-state index in [1.807, 2.05) is 0 Å². The van der Waals surface area contributed by atoms with E-state index >= 15 is 0 Å². The number of halogens is 2. The molecule has 0 saturated heterocycles. The van der Waals surface area contributed by atoms with E-state index in [1.165, 1.54) is 14.2 Å². The molecule has 0 aromatic heterocycles. The summed E-state index contributed by atoms with van der Waals surface area (Å²) in [4.78, 5) is 21.6. The molecule has 1 rings (SSSR count). The fourth-order valence-corrected chi connectivity index (χ4v) is 1.50. The Hall–Kier alpha value is -2.25. The number of methoxy groups -OCH3 is 1. The quantitative estimate of drug-likeness (QED) is 0.465. The average Bonchev–Trinajstić information content (AvgIpc) is 2.34. The number of carbonyl (C=O) groups excluding carboxylic acids is 1. The van der Waals surface area contributed by atoms with Crippen molar-refractivity contribution in [3.63, 3.8) is 0 Å². The van der Waals surface area contributed by atoms with Gasteiger partial charge in [-0.2, -0.15) is 0 Å². The number of rotatable bonds is 5. The van der Waals surface area contributed by atoms with Crippen molar-refractivity contribution in [2.75, 3.05) is 25.6 Å². The van der Waals surface area contributed by atoms with Gasteiger partial charge in [0.05, 0.1) is 30.6 Å². The van der Waals surface area contributed by atoms with Crippen LogP contribution in [0.25, 0.3) is 0 Å². The number of hydrogen-bond donors (Lipinski definition) is 0. The zero-order valence-corrected chi connectivity index (χ0v) is 10.4.